The second-order valence-electron chi connectivity index (χ2n) is 5.30. The highest BCUT2D eigenvalue weighted by molar-refractivity contribution is 5.34. The number of hydrogen-bond acceptors (Lipinski definition) is 5. The maximum Gasteiger partial charge on any atom is 0.189 e. The van der Waals surface area contributed by atoms with E-state index in [1.54, 1.807) is 0 Å². The highest BCUT2D eigenvalue weighted by Gasteiger charge is 2.05. The Kier molecular flexibility index (Phi) is 8.83. The molecule has 0 radical (unpaired) electrons. The lowest BCUT2D eigenvalue weighted by Gasteiger charge is -2.12. The normalized spacial score (nSPS) is 10.6. The Morgan fingerprint density at radius 3 is 2.04 bits per heavy atom. The largest absolute Gasteiger partial charge is 0.489 e. The van der Waals surface area contributed by atoms with Gasteiger partial charge in [-0.15, -0.1) is 0 Å². The third-order valence-corrected chi connectivity index (χ3v) is 3.33. The molecule has 0 aliphatic rings. The topological polar surface area (TPSA) is 46.2 Å². The molecule has 136 valence electrons. The van der Waals surface area contributed by atoms with E-state index >= 15 is 0 Å². The maximum absolute atomic E-state index is 5.82. The second kappa shape index (κ2) is 11.5. The van der Waals surface area contributed by atoms with E-state index in [2.05, 4.69) is 0 Å². The second-order valence-corrected chi connectivity index (χ2v) is 5.30. The van der Waals surface area contributed by atoms with Crippen molar-refractivity contribution in [2.24, 2.45) is 0 Å². The zero-order valence-corrected chi connectivity index (χ0v) is 14.9. The SMILES string of the molecule is CCOCOCc1cc(COc2ccccc2)cc(OCOCC)c1. The third kappa shape index (κ3) is 7.56. The molecule has 0 amide bonds. The van der Waals surface area contributed by atoms with Crippen LogP contribution in [0.3, 0.4) is 0 Å². The van der Waals surface area contributed by atoms with Crippen LogP contribution < -0.4 is 9.47 Å². The van der Waals surface area contributed by atoms with Gasteiger partial charge in [0.05, 0.1) is 6.61 Å². The summed E-state index contributed by atoms with van der Waals surface area (Å²) in [7, 11) is 0. The van der Waals surface area contributed by atoms with Gasteiger partial charge in [0.15, 0.2) is 6.79 Å². The van der Waals surface area contributed by atoms with E-state index in [0.29, 0.717) is 26.4 Å². The molecule has 0 saturated heterocycles. The van der Waals surface area contributed by atoms with Crippen LogP contribution in [0.15, 0.2) is 48.5 Å². The molecule has 0 fully saturated rings. The van der Waals surface area contributed by atoms with Crippen LogP contribution >= 0.6 is 0 Å². The van der Waals surface area contributed by atoms with Crippen LogP contribution in [0, 0.1) is 0 Å². The van der Waals surface area contributed by atoms with Gasteiger partial charge in [-0.05, 0) is 55.3 Å². The number of para-hydroxylation sites is 1. The van der Waals surface area contributed by atoms with Gasteiger partial charge in [-0.2, -0.15) is 0 Å². The standard InChI is InChI=1S/C20H26O5/c1-3-21-15-23-13-17-10-18(12-20(11-17)25-16-22-4-2)14-24-19-8-6-5-7-9-19/h5-12H,3-4,13-16H2,1-2H3. The van der Waals surface area contributed by atoms with E-state index < -0.39 is 0 Å². The minimum atomic E-state index is 0.221. The Hall–Kier alpha value is -2.08. The summed E-state index contributed by atoms with van der Waals surface area (Å²) in [5, 5.41) is 0. The predicted molar refractivity (Wildman–Crippen MR) is 95.6 cm³/mol. The van der Waals surface area contributed by atoms with Crippen molar-refractivity contribution in [3.05, 3.63) is 59.7 Å². The molecule has 0 atom stereocenters. The van der Waals surface area contributed by atoms with Crippen LogP contribution in [0.4, 0.5) is 0 Å². The average molecular weight is 346 g/mol. The Morgan fingerprint density at radius 2 is 1.32 bits per heavy atom. The molecule has 0 N–H and O–H groups in total. The molecule has 0 unspecified atom stereocenters. The number of ether oxygens (including phenoxy) is 5. The zero-order chi connectivity index (χ0) is 17.7. The monoisotopic (exact) mass is 346 g/mol. The summed E-state index contributed by atoms with van der Waals surface area (Å²) in [6.45, 7) is 6.51. The molecule has 2 aromatic rings. The molecule has 0 aliphatic carbocycles. The van der Waals surface area contributed by atoms with E-state index in [-0.39, 0.29) is 13.6 Å². The highest BCUT2D eigenvalue weighted by atomic mass is 16.7. The maximum atomic E-state index is 5.82. The highest BCUT2D eigenvalue weighted by Crippen LogP contribution is 2.20. The predicted octanol–water partition coefficient (Wildman–Crippen LogP) is 4.15. The first-order valence-corrected chi connectivity index (χ1v) is 8.48. The minimum absolute atomic E-state index is 0.221. The lowest BCUT2D eigenvalue weighted by Crippen LogP contribution is -2.05. The van der Waals surface area contributed by atoms with Gasteiger partial charge in [0.25, 0.3) is 0 Å². The van der Waals surface area contributed by atoms with Crippen molar-refractivity contribution in [1.29, 1.82) is 0 Å². The number of rotatable bonds is 12. The quantitative estimate of drug-likeness (QED) is 0.427. The van der Waals surface area contributed by atoms with E-state index in [1.807, 2.05) is 62.4 Å². The zero-order valence-electron chi connectivity index (χ0n) is 14.9. The summed E-state index contributed by atoms with van der Waals surface area (Å²) in [6.07, 6.45) is 0. The fraction of sp³-hybridized carbons (Fsp3) is 0.400. The average Bonchev–Trinajstić information content (AvgIpc) is 2.65. The van der Waals surface area contributed by atoms with Crippen LogP contribution in [0.5, 0.6) is 11.5 Å². The Labute approximate surface area is 149 Å². The molecular weight excluding hydrogens is 320 g/mol. The lowest BCUT2D eigenvalue weighted by molar-refractivity contribution is -0.0572. The van der Waals surface area contributed by atoms with Crippen LogP contribution in [0.2, 0.25) is 0 Å². The van der Waals surface area contributed by atoms with Gasteiger partial charge in [-0.3, -0.25) is 0 Å². The Morgan fingerprint density at radius 1 is 0.640 bits per heavy atom. The van der Waals surface area contributed by atoms with E-state index in [4.69, 9.17) is 23.7 Å². The van der Waals surface area contributed by atoms with Gasteiger partial charge in [-0.25, -0.2) is 0 Å². The van der Waals surface area contributed by atoms with Gasteiger partial charge < -0.3 is 23.7 Å². The molecule has 0 spiro atoms. The molecule has 0 saturated carbocycles. The van der Waals surface area contributed by atoms with Gasteiger partial charge >= 0.3 is 0 Å². The molecule has 25 heavy (non-hydrogen) atoms. The van der Waals surface area contributed by atoms with E-state index in [1.165, 1.54) is 0 Å². The van der Waals surface area contributed by atoms with Gasteiger partial charge in [0.2, 0.25) is 0 Å². The van der Waals surface area contributed by atoms with Crippen molar-refractivity contribution in [2.45, 2.75) is 27.1 Å². The van der Waals surface area contributed by atoms with Crippen LogP contribution in [-0.2, 0) is 27.4 Å². The molecule has 0 heterocycles. The van der Waals surface area contributed by atoms with Crippen molar-refractivity contribution < 1.29 is 23.7 Å². The first kappa shape index (κ1) is 19.2. The third-order valence-electron chi connectivity index (χ3n) is 3.33. The van der Waals surface area contributed by atoms with E-state index in [0.717, 1.165) is 22.6 Å². The fourth-order valence-electron chi connectivity index (χ4n) is 2.16. The summed E-state index contributed by atoms with van der Waals surface area (Å²) in [5.41, 5.74) is 2.01. The summed E-state index contributed by atoms with van der Waals surface area (Å²) in [5.74, 6) is 1.56. The Balaban J connectivity index is 2.00. The van der Waals surface area contributed by atoms with Crippen molar-refractivity contribution >= 4 is 0 Å². The van der Waals surface area contributed by atoms with Crippen molar-refractivity contribution in [1.82, 2.24) is 0 Å². The molecule has 5 nitrogen and oxygen atoms in total. The molecule has 0 aromatic heterocycles. The van der Waals surface area contributed by atoms with Crippen LogP contribution in [-0.4, -0.2) is 26.8 Å². The lowest BCUT2D eigenvalue weighted by atomic mass is 10.1. The molecule has 2 aromatic carbocycles. The van der Waals surface area contributed by atoms with Gasteiger partial charge in [0, 0.05) is 13.2 Å². The van der Waals surface area contributed by atoms with Crippen molar-refractivity contribution in [2.75, 3.05) is 26.8 Å². The summed E-state index contributed by atoms with van der Waals surface area (Å²) >= 11 is 0. The first-order chi connectivity index (χ1) is 12.3. The molecule has 0 bridgehead atoms. The summed E-state index contributed by atoms with van der Waals surface area (Å²) in [4.78, 5) is 0. The van der Waals surface area contributed by atoms with E-state index in [9.17, 15) is 0 Å². The first-order valence-electron chi connectivity index (χ1n) is 8.48. The van der Waals surface area contributed by atoms with Gasteiger partial charge in [-0.1, -0.05) is 18.2 Å². The molecule has 0 aliphatic heterocycles. The van der Waals surface area contributed by atoms with Crippen molar-refractivity contribution in [3.8, 4) is 11.5 Å². The van der Waals surface area contributed by atoms with Crippen LogP contribution in [0.1, 0.15) is 25.0 Å². The molecular formula is C20H26O5. The summed E-state index contributed by atoms with van der Waals surface area (Å²) < 4.78 is 27.4. The Bertz CT molecular complexity index is 600. The smallest absolute Gasteiger partial charge is 0.189 e. The number of hydrogen-bond donors (Lipinski definition) is 0. The van der Waals surface area contributed by atoms with Gasteiger partial charge in [0.1, 0.15) is 24.9 Å². The molecule has 2 rings (SSSR count). The summed E-state index contributed by atoms with van der Waals surface area (Å²) in [6, 6.07) is 15.7. The van der Waals surface area contributed by atoms with Crippen LogP contribution in [0.25, 0.3) is 0 Å². The number of benzene rings is 2. The molecule has 5 heteroatoms. The fourth-order valence-corrected chi connectivity index (χ4v) is 2.16. The minimum Gasteiger partial charge on any atom is -0.489 e. The van der Waals surface area contributed by atoms with Crippen molar-refractivity contribution in [3.63, 3.8) is 0 Å².